The van der Waals surface area contributed by atoms with Gasteiger partial charge in [0.15, 0.2) is 6.29 Å². The average Bonchev–Trinajstić information content (AvgIpc) is 3.09. The number of thiazole rings is 1. The Morgan fingerprint density at radius 2 is 2.22 bits per heavy atom. The van der Waals surface area contributed by atoms with Crippen LogP contribution in [0.4, 0.5) is 0 Å². The first-order valence-corrected chi connectivity index (χ1v) is 6.57. The minimum Gasteiger partial charge on any atom is -0.347 e. The Hall–Kier alpha value is -1.56. The lowest BCUT2D eigenvalue weighted by Gasteiger charge is -1.99. The third-order valence-corrected chi connectivity index (χ3v) is 3.41. The van der Waals surface area contributed by atoms with Gasteiger partial charge in [0, 0.05) is 23.3 Å². The van der Waals surface area contributed by atoms with Crippen molar-refractivity contribution >= 4 is 17.4 Å². The van der Waals surface area contributed by atoms with Gasteiger partial charge < -0.3 is 9.47 Å². The van der Waals surface area contributed by atoms with Crippen molar-refractivity contribution in [1.82, 2.24) is 9.97 Å². The van der Waals surface area contributed by atoms with Crippen LogP contribution in [0.5, 0.6) is 0 Å². The van der Waals surface area contributed by atoms with Crippen LogP contribution < -0.4 is 0 Å². The van der Waals surface area contributed by atoms with Crippen molar-refractivity contribution in [2.75, 3.05) is 13.2 Å². The smallest absolute Gasteiger partial charge is 0.177 e. The minimum atomic E-state index is -0.228. The van der Waals surface area contributed by atoms with E-state index in [1.165, 1.54) is 0 Å². The highest BCUT2D eigenvalue weighted by Crippen LogP contribution is 2.23. The summed E-state index contributed by atoms with van der Waals surface area (Å²) in [6.07, 6.45) is 7.15. The minimum absolute atomic E-state index is 0.228. The molecule has 0 spiro atoms. The van der Waals surface area contributed by atoms with E-state index in [9.17, 15) is 0 Å². The first-order chi connectivity index (χ1) is 8.92. The Labute approximate surface area is 109 Å². The largest absolute Gasteiger partial charge is 0.347 e. The summed E-state index contributed by atoms with van der Waals surface area (Å²) in [5.74, 6) is 0. The Kier molecular flexibility index (Phi) is 3.45. The van der Waals surface area contributed by atoms with E-state index in [0.717, 1.165) is 16.3 Å². The van der Waals surface area contributed by atoms with Gasteiger partial charge in [-0.1, -0.05) is 0 Å². The maximum Gasteiger partial charge on any atom is 0.177 e. The molecule has 3 rings (SSSR count). The van der Waals surface area contributed by atoms with E-state index in [4.69, 9.17) is 9.47 Å². The Morgan fingerprint density at radius 1 is 1.33 bits per heavy atom. The first kappa shape index (κ1) is 11.5. The van der Waals surface area contributed by atoms with E-state index >= 15 is 0 Å². The maximum absolute atomic E-state index is 5.32. The molecule has 5 heteroatoms. The van der Waals surface area contributed by atoms with E-state index in [-0.39, 0.29) is 6.29 Å². The quantitative estimate of drug-likeness (QED) is 0.851. The molecule has 0 saturated carbocycles. The van der Waals surface area contributed by atoms with Crippen LogP contribution >= 0.6 is 11.3 Å². The summed E-state index contributed by atoms with van der Waals surface area (Å²) >= 11 is 1.60. The Morgan fingerprint density at radius 3 is 3.00 bits per heavy atom. The second-order valence-electron chi connectivity index (χ2n) is 3.79. The highest BCUT2D eigenvalue weighted by Gasteiger charge is 2.11. The summed E-state index contributed by atoms with van der Waals surface area (Å²) in [5, 5.41) is 2.98. The van der Waals surface area contributed by atoms with E-state index in [1.54, 1.807) is 17.5 Å². The summed E-state index contributed by atoms with van der Waals surface area (Å²) < 4.78 is 10.6. The van der Waals surface area contributed by atoms with Crippen molar-refractivity contribution in [3.63, 3.8) is 0 Å². The standard InChI is InChI=1S/C13H12N2O2S/c1-2-10(8-14-5-1)13-15-11(9-18-13)3-4-12-16-6-7-17-12/h1-5,8-9,12H,6-7H2. The third kappa shape index (κ3) is 2.64. The second-order valence-corrected chi connectivity index (χ2v) is 4.65. The van der Waals surface area contributed by atoms with Crippen molar-refractivity contribution in [3.05, 3.63) is 41.7 Å². The topological polar surface area (TPSA) is 44.2 Å². The number of rotatable bonds is 3. The SMILES string of the molecule is C(=CC1OCCO1)c1csc(-c2cccnc2)n1. The molecule has 1 aliphatic rings. The molecular formula is C13H12N2O2S. The van der Waals surface area contributed by atoms with E-state index < -0.39 is 0 Å². The van der Waals surface area contributed by atoms with Crippen LogP contribution in [-0.2, 0) is 9.47 Å². The molecule has 1 fully saturated rings. The zero-order chi connectivity index (χ0) is 12.2. The van der Waals surface area contributed by atoms with Gasteiger partial charge >= 0.3 is 0 Å². The van der Waals surface area contributed by atoms with Crippen LogP contribution in [0.25, 0.3) is 16.6 Å². The van der Waals surface area contributed by atoms with Crippen LogP contribution in [-0.4, -0.2) is 29.5 Å². The summed E-state index contributed by atoms with van der Waals surface area (Å²) in [5.41, 5.74) is 1.95. The van der Waals surface area contributed by atoms with Gasteiger partial charge in [0.2, 0.25) is 0 Å². The molecule has 0 radical (unpaired) electrons. The lowest BCUT2D eigenvalue weighted by atomic mass is 10.3. The molecule has 18 heavy (non-hydrogen) atoms. The fourth-order valence-corrected chi connectivity index (χ4v) is 2.43. The van der Waals surface area contributed by atoms with Gasteiger partial charge in [-0.25, -0.2) is 4.98 Å². The number of hydrogen-bond acceptors (Lipinski definition) is 5. The van der Waals surface area contributed by atoms with Crippen molar-refractivity contribution in [1.29, 1.82) is 0 Å². The fraction of sp³-hybridized carbons (Fsp3) is 0.231. The van der Waals surface area contributed by atoms with Crippen LogP contribution in [0.15, 0.2) is 36.0 Å². The highest BCUT2D eigenvalue weighted by molar-refractivity contribution is 7.13. The number of aromatic nitrogens is 2. The molecule has 0 bridgehead atoms. The molecular weight excluding hydrogens is 248 g/mol. The molecule has 92 valence electrons. The monoisotopic (exact) mass is 260 g/mol. The lowest BCUT2D eigenvalue weighted by molar-refractivity contribution is -0.000916. The van der Waals surface area contributed by atoms with E-state index in [0.29, 0.717) is 13.2 Å². The Bertz CT molecular complexity index is 533. The zero-order valence-corrected chi connectivity index (χ0v) is 10.5. The van der Waals surface area contributed by atoms with Gasteiger partial charge in [0.25, 0.3) is 0 Å². The van der Waals surface area contributed by atoms with Gasteiger partial charge in [0.1, 0.15) is 5.01 Å². The van der Waals surface area contributed by atoms with Gasteiger partial charge in [-0.2, -0.15) is 0 Å². The van der Waals surface area contributed by atoms with Gasteiger partial charge in [-0.15, -0.1) is 11.3 Å². The molecule has 2 aromatic heterocycles. The number of nitrogens with zero attached hydrogens (tertiary/aromatic N) is 2. The zero-order valence-electron chi connectivity index (χ0n) is 9.65. The van der Waals surface area contributed by atoms with Crippen LogP contribution in [0.2, 0.25) is 0 Å². The van der Waals surface area contributed by atoms with Gasteiger partial charge in [-0.05, 0) is 24.3 Å². The molecule has 4 nitrogen and oxygen atoms in total. The maximum atomic E-state index is 5.32. The molecule has 1 aliphatic heterocycles. The fourth-order valence-electron chi connectivity index (χ4n) is 1.65. The number of ether oxygens (including phenoxy) is 2. The molecule has 0 atom stereocenters. The summed E-state index contributed by atoms with van der Waals surface area (Å²) in [6.45, 7) is 1.32. The average molecular weight is 260 g/mol. The predicted octanol–water partition coefficient (Wildman–Crippen LogP) is 2.59. The van der Waals surface area contributed by atoms with Gasteiger partial charge in [-0.3, -0.25) is 4.98 Å². The van der Waals surface area contributed by atoms with Gasteiger partial charge in [0.05, 0.1) is 18.9 Å². The molecule has 0 N–H and O–H groups in total. The molecule has 1 saturated heterocycles. The first-order valence-electron chi connectivity index (χ1n) is 5.69. The number of hydrogen-bond donors (Lipinski definition) is 0. The summed E-state index contributed by atoms with van der Waals surface area (Å²) in [6, 6.07) is 3.91. The molecule has 0 unspecified atom stereocenters. The van der Waals surface area contributed by atoms with Crippen molar-refractivity contribution < 1.29 is 9.47 Å². The van der Waals surface area contributed by atoms with Crippen LogP contribution in [0.1, 0.15) is 5.69 Å². The summed E-state index contributed by atoms with van der Waals surface area (Å²) in [7, 11) is 0. The summed E-state index contributed by atoms with van der Waals surface area (Å²) in [4.78, 5) is 8.61. The van der Waals surface area contributed by atoms with Crippen molar-refractivity contribution in [2.24, 2.45) is 0 Å². The van der Waals surface area contributed by atoms with E-state index in [1.807, 2.05) is 35.9 Å². The Balaban J connectivity index is 1.73. The second kappa shape index (κ2) is 5.39. The predicted molar refractivity (Wildman–Crippen MR) is 70.1 cm³/mol. The third-order valence-electron chi connectivity index (χ3n) is 2.50. The van der Waals surface area contributed by atoms with Crippen molar-refractivity contribution in [2.45, 2.75) is 6.29 Å². The molecule has 3 heterocycles. The molecule has 0 amide bonds. The highest BCUT2D eigenvalue weighted by atomic mass is 32.1. The number of pyridine rings is 1. The van der Waals surface area contributed by atoms with E-state index in [2.05, 4.69) is 9.97 Å². The molecule has 0 aliphatic carbocycles. The normalized spacial score (nSPS) is 16.7. The molecule has 0 aromatic carbocycles. The van der Waals surface area contributed by atoms with Crippen LogP contribution in [0, 0.1) is 0 Å². The van der Waals surface area contributed by atoms with Crippen molar-refractivity contribution in [3.8, 4) is 10.6 Å². The molecule has 2 aromatic rings. The lowest BCUT2D eigenvalue weighted by Crippen LogP contribution is -2.01. The van der Waals surface area contributed by atoms with Crippen LogP contribution in [0.3, 0.4) is 0 Å².